The van der Waals surface area contributed by atoms with Crippen LogP contribution >= 0.6 is 12.2 Å². The monoisotopic (exact) mass is 383 g/mol. The molecule has 0 bridgehead atoms. The Morgan fingerprint density at radius 2 is 1.96 bits per heavy atom. The van der Waals surface area contributed by atoms with Crippen molar-refractivity contribution in [1.29, 1.82) is 0 Å². The Balaban J connectivity index is 1.96. The topological polar surface area (TPSA) is 72.0 Å². The number of nitrogens with one attached hydrogen (secondary N) is 2. The maximum Gasteiger partial charge on any atom is 0.337 e. The zero-order valence-corrected chi connectivity index (χ0v) is 15.8. The molecule has 27 heavy (non-hydrogen) atoms. The average molecular weight is 383 g/mol. The normalized spacial score (nSPS) is 10.3. The minimum Gasteiger partial charge on any atom is -0.488 e. The maximum atomic E-state index is 11.5. The highest BCUT2D eigenvalue weighted by atomic mass is 32.1. The van der Waals surface area contributed by atoms with Crippen molar-refractivity contribution in [1.82, 2.24) is 10.7 Å². The molecule has 2 rings (SSSR count). The van der Waals surface area contributed by atoms with Crippen LogP contribution in [0, 0.1) is 0 Å². The summed E-state index contributed by atoms with van der Waals surface area (Å²) in [5, 5.41) is 7.44. The average Bonchev–Trinajstić information content (AvgIpc) is 2.71. The summed E-state index contributed by atoms with van der Waals surface area (Å²) < 4.78 is 10.6. The lowest BCUT2D eigenvalue weighted by atomic mass is 10.1. The third-order valence-electron chi connectivity index (χ3n) is 3.47. The van der Waals surface area contributed by atoms with Gasteiger partial charge in [0.05, 0.1) is 18.9 Å². The van der Waals surface area contributed by atoms with E-state index in [2.05, 4.69) is 27.2 Å². The predicted octanol–water partition coefficient (Wildman–Crippen LogP) is 3.04. The molecule has 0 aliphatic rings. The number of thiocarbonyl (C=S) groups is 1. The fraction of sp³-hybridized carbons (Fsp3) is 0.150. The van der Waals surface area contributed by atoms with Crippen LogP contribution in [-0.4, -0.2) is 31.0 Å². The number of hydrazone groups is 1. The molecule has 0 saturated heterocycles. The number of carbonyl (C=O) groups excluding carboxylic acids is 1. The van der Waals surface area contributed by atoms with Gasteiger partial charge in [-0.05, 0) is 42.0 Å². The summed E-state index contributed by atoms with van der Waals surface area (Å²) in [6.07, 6.45) is 3.34. The maximum absolute atomic E-state index is 11.5. The molecule has 0 aromatic heterocycles. The molecule has 7 heteroatoms. The van der Waals surface area contributed by atoms with E-state index in [4.69, 9.17) is 17.0 Å². The Morgan fingerprint density at radius 3 is 2.67 bits per heavy atom. The molecule has 0 atom stereocenters. The van der Waals surface area contributed by atoms with Crippen molar-refractivity contribution < 1.29 is 14.3 Å². The van der Waals surface area contributed by atoms with Crippen molar-refractivity contribution >= 4 is 29.5 Å². The van der Waals surface area contributed by atoms with Gasteiger partial charge in [-0.3, -0.25) is 5.43 Å². The first-order valence-corrected chi connectivity index (χ1v) is 8.61. The molecule has 0 unspecified atom stereocenters. The third-order valence-corrected chi connectivity index (χ3v) is 3.70. The quantitative estimate of drug-likeness (QED) is 0.240. The van der Waals surface area contributed by atoms with Gasteiger partial charge in [0, 0.05) is 12.1 Å². The Bertz CT molecular complexity index is 819. The van der Waals surface area contributed by atoms with E-state index < -0.39 is 0 Å². The van der Waals surface area contributed by atoms with Crippen LogP contribution in [0.1, 0.15) is 21.5 Å². The first-order chi connectivity index (χ1) is 13.1. The summed E-state index contributed by atoms with van der Waals surface area (Å²) in [6.45, 7) is 4.53. The highest BCUT2D eigenvalue weighted by molar-refractivity contribution is 7.80. The van der Waals surface area contributed by atoms with Gasteiger partial charge in [0.15, 0.2) is 5.11 Å². The van der Waals surface area contributed by atoms with E-state index in [1.54, 1.807) is 24.4 Å². The summed E-state index contributed by atoms with van der Waals surface area (Å²) in [6, 6.07) is 14.6. The van der Waals surface area contributed by atoms with Crippen molar-refractivity contribution in [3.05, 3.63) is 77.9 Å². The first-order valence-electron chi connectivity index (χ1n) is 8.21. The molecule has 0 amide bonds. The molecular weight excluding hydrogens is 362 g/mol. The van der Waals surface area contributed by atoms with Gasteiger partial charge in [0.2, 0.25) is 0 Å². The number of hydrogen-bond acceptors (Lipinski definition) is 5. The summed E-state index contributed by atoms with van der Waals surface area (Å²) in [7, 11) is 1.36. The zero-order valence-electron chi connectivity index (χ0n) is 15.0. The Morgan fingerprint density at radius 1 is 1.22 bits per heavy atom. The minimum atomic E-state index is -0.364. The standard InChI is InChI=1S/C20H21N3O3S/c1-3-12-21-20(27)23-22-13-17-6-4-5-7-18(17)26-14-15-8-10-16(11-9-15)19(24)25-2/h3-11,13H,1,12,14H2,2H3,(H2,21,23,27)/b22-13-. The van der Waals surface area contributed by atoms with E-state index in [-0.39, 0.29) is 5.97 Å². The smallest absolute Gasteiger partial charge is 0.337 e. The molecule has 140 valence electrons. The van der Waals surface area contributed by atoms with Gasteiger partial charge < -0.3 is 14.8 Å². The molecule has 2 aromatic carbocycles. The van der Waals surface area contributed by atoms with Crippen LogP contribution in [0.2, 0.25) is 0 Å². The SMILES string of the molecule is C=CCNC(=S)N/N=C\c1ccccc1OCc1ccc(C(=O)OC)cc1. The molecule has 0 spiro atoms. The summed E-state index contributed by atoms with van der Waals surface area (Å²) >= 11 is 5.07. The van der Waals surface area contributed by atoms with Crippen molar-refractivity contribution in [2.24, 2.45) is 5.10 Å². The van der Waals surface area contributed by atoms with Gasteiger partial charge in [-0.25, -0.2) is 4.79 Å². The largest absolute Gasteiger partial charge is 0.488 e. The summed E-state index contributed by atoms with van der Waals surface area (Å²) in [5.41, 5.74) is 4.97. The first kappa shape index (κ1) is 20.1. The van der Waals surface area contributed by atoms with Crippen LogP contribution in [0.3, 0.4) is 0 Å². The number of esters is 1. The lowest BCUT2D eigenvalue weighted by Gasteiger charge is -2.09. The molecule has 0 aliphatic carbocycles. The second-order valence-corrected chi connectivity index (χ2v) is 5.79. The van der Waals surface area contributed by atoms with Gasteiger partial charge in [-0.2, -0.15) is 5.10 Å². The number of benzene rings is 2. The predicted molar refractivity (Wildman–Crippen MR) is 110 cm³/mol. The molecule has 0 fully saturated rings. The van der Waals surface area contributed by atoms with Gasteiger partial charge in [0.1, 0.15) is 12.4 Å². The van der Waals surface area contributed by atoms with E-state index in [0.29, 0.717) is 29.6 Å². The van der Waals surface area contributed by atoms with Gasteiger partial charge in [0.25, 0.3) is 0 Å². The Kier molecular flexibility index (Phi) is 7.99. The Labute approximate surface area is 163 Å². The van der Waals surface area contributed by atoms with E-state index >= 15 is 0 Å². The molecule has 2 aromatic rings. The number of ether oxygens (including phenoxy) is 2. The van der Waals surface area contributed by atoms with E-state index in [9.17, 15) is 4.79 Å². The van der Waals surface area contributed by atoms with Crippen LogP contribution in [-0.2, 0) is 11.3 Å². The number of carbonyl (C=O) groups is 1. The van der Waals surface area contributed by atoms with Crippen molar-refractivity contribution in [3.8, 4) is 5.75 Å². The van der Waals surface area contributed by atoms with Gasteiger partial charge in [-0.15, -0.1) is 6.58 Å². The lowest BCUT2D eigenvalue weighted by molar-refractivity contribution is 0.0600. The molecule has 2 N–H and O–H groups in total. The fourth-order valence-corrected chi connectivity index (χ4v) is 2.24. The molecule has 0 heterocycles. The summed E-state index contributed by atoms with van der Waals surface area (Å²) in [5.74, 6) is 0.321. The highest BCUT2D eigenvalue weighted by Crippen LogP contribution is 2.18. The number of hydrogen-bond donors (Lipinski definition) is 2. The third kappa shape index (κ3) is 6.56. The van der Waals surface area contributed by atoms with Gasteiger partial charge >= 0.3 is 5.97 Å². The van der Waals surface area contributed by atoms with Crippen LogP contribution in [0.15, 0.2) is 66.3 Å². The van der Waals surface area contributed by atoms with Crippen LogP contribution in [0.25, 0.3) is 0 Å². The van der Waals surface area contributed by atoms with Crippen molar-refractivity contribution in [3.63, 3.8) is 0 Å². The number of nitrogens with zero attached hydrogens (tertiary/aromatic N) is 1. The van der Waals surface area contributed by atoms with E-state index in [0.717, 1.165) is 11.1 Å². The zero-order chi connectivity index (χ0) is 19.5. The van der Waals surface area contributed by atoms with Crippen LogP contribution in [0.5, 0.6) is 5.75 Å². The minimum absolute atomic E-state index is 0.360. The molecule has 0 aliphatic heterocycles. The number of methoxy groups -OCH3 is 1. The van der Waals surface area contributed by atoms with E-state index in [1.807, 2.05) is 36.4 Å². The fourth-order valence-electron chi connectivity index (χ4n) is 2.10. The second-order valence-electron chi connectivity index (χ2n) is 5.38. The van der Waals surface area contributed by atoms with Crippen molar-refractivity contribution in [2.45, 2.75) is 6.61 Å². The number of para-hydroxylation sites is 1. The van der Waals surface area contributed by atoms with Gasteiger partial charge in [-0.1, -0.05) is 30.3 Å². The second kappa shape index (κ2) is 10.7. The lowest BCUT2D eigenvalue weighted by Crippen LogP contribution is -2.31. The molecule has 0 radical (unpaired) electrons. The van der Waals surface area contributed by atoms with Crippen LogP contribution in [0.4, 0.5) is 0 Å². The number of rotatable bonds is 8. The Hall–Kier alpha value is -3.19. The molecular formula is C20H21N3O3S. The van der Waals surface area contributed by atoms with Crippen molar-refractivity contribution in [2.75, 3.05) is 13.7 Å². The van der Waals surface area contributed by atoms with E-state index in [1.165, 1.54) is 7.11 Å². The summed E-state index contributed by atoms with van der Waals surface area (Å²) in [4.78, 5) is 11.5. The van der Waals surface area contributed by atoms with Crippen LogP contribution < -0.4 is 15.5 Å². The molecule has 0 saturated carbocycles. The highest BCUT2D eigenvalue weighted by Gasteiger charge is 2.05. The molecule has 6 nitrogen and oxygen atoms in total.